The summed E-state index contributed by atoms with van der Waals surface area (Å²) in [4.78, 5) is 10.0. The molecule has 0 bridgehead atoms. The smallest absolute Gasteiger partial charge is 0.298 e. The average molecular weight is 162 g/mol. The minimum atomic E-state index is 0.408. The summed E-state index contributed by atoms with van der Waals surface area (Å²) >= 11 is 0. The van der Waals surface area contributed by atoms with E-state index < -0.39 is 0 Å². The fourth-order valence-electron chi connectivity index (χ4n) is 1.10. The molecule has 0 N–H and O–H groups in total. The second-order valence-corrected chi connectivity index (χ2v) is 2.40. The monoisotopic (exact) mass is 162 g/mol. The molecular formula is C8H6N2O2. The van der Waals surface area contributed by atoms with Gasteiger partial charge in [0.15, 0.2) is 0 Å². The lowest BCUT2D eigenvalue weighted by Crippen LogP contribution is -1.88. The highest BCUT2D eigenvalue weighted by Crippen LogP contribution is 2.29. The number of ether oxygens (including phenoxy) is 1. The molecule has 60 valence electrons. The Kier molecular flexibility index (Phi) is 1.59. The molecular weight excluding hydrogens is 156 g/mol. The van der Waals surface area contributed by atoms with Crippen LogP contribution >= 0.6 is 0 Å². The van der Waals surface area contributed by atoms with E-state index >= 15 is 0 Å². The number of hydrogen-bond donors (Lipinski definition) is 0. The number of hydrogen-bond acceptors (Lipinski definition) is 4. The van der Waals surface area contributed by atoms with Gasteiger partial charge in [-0.1, -0.05) is 0 Å². The summed E-state index contributed by atoms with van der Waals surface area (Å²) in [7, 11) is 0. The molecule has 1 heterocycles. The molecule has 0 aliphatic carbocycles. The van der Waals surface area contributed by atoms with Crippen molar-refractivity contribution >= 4 is 12.2 Å². The highest BCUT2D eigenvalue weighted by molar-refractivity contribution is 5.54. The van der Waals surface area contributed by atoms with Crippen LogP contribution < -0.4 is 4.74 Å². The minimum Gasteiger partial charge on any atom is -0.429 e. The zero-order chi connectivity index (χ0) is 8.39. The lowest BCUT2D eigenvalue weighted by Gasteiger charge is -1.98. The quantitative estimate of drug-likeness (QED) is 0.623. The van der Waals surface area contributed by atoms with Gasteiger partial charge < -0.3 is 4.74 Å². The minimum absolute atomic E-state index is 0.408. The van der Waals surface area contributed by atoms with Crippen LogP contribution in [0.1, 0.15) is 5.56 Å². The topological polar surface area (TPSA) is 51.0 Å². The van der Waals surface area contributed by atoms with E-state index in [0.29, 0.717) is 18.8 Å². The highest BCUT2D eigenvalue weighted by Gasteiger charge is 2.08. The third-order valence-electron chi connectivity index (χ3n) is 1.65. The van der Waals surface area contributed by atoms with Gasteiger partial charge in [0.05, 0.1) is 12.2 Å². The Hall–Kier alpha value is -1.71. The van der Waals surface area contributed by atoms with Crippen LogP contribution in [0, 0.1) is 0 Å². The van der Waals surface area contributed by atoms with E-state index in [0.717, 1.165) is 11.3 Å². The van der Waals surface area contributed by atoms with Crippen LogP contribution in [0.5, 0.6) is 5.75 Å². The molecule has 0 fully saturated rings. The summed E-state index contributed by atoms with van der Waals surface area (Å²) in [5.41, 5.74) is 1.85. The van der Waals surface area contributed by atoms with Crippen LogP contribution in [-0.4, -0.2) is 6.47 Å². The van der Waals surface area contributed by atoms with Gasteiger partial charge in [-0.05, 0) is 18.2 Å². The van der Waals surface area contributed by atoms with Crippen LogP contribution in [0.4, 0.5) is 5.69 Å². The first-order valence-corrected chi connectivity index (χ1v) is 3.51. The first-order chi connectivity index (χ1) is 5.90. The Labute approximate surface area is 68.9 Å². The van der Waals surface area contributed by atoms with Gasteiger partial charge in [0.2, 0.25) is 0 Å². The molecule has 1 aliphatic rings. The molecule has 0 radical (unpaired) electrons. The molecule has 4 heteroatoms. The number of carbonyl (C=O) groups excluding carboxylic acids is 1. The number of carbonyl (C=O) groups is 1. The summed E-state index contributed by atoms with van der Waals surface area (Å²) in [6, 6.07) is 5.24. The molecule has 2 rings (SSSR count). The molecule has 4 nitrogen and oxygen atoms in total. The first kappa shape index (κ1) is 6.97. The molecule has 12 heavy (non-hydrogen) atoms. The van der Waals surface area contributed by atoms with Gasteiger partial charge in [0, 0.05) is 5.56 Å². The van der Waals surface area contributed by atoms with Crippen molar-refractivity contribution < 1.29 is 9.53 Å². The summed E-state index contributed by atoms with van der Waals surface area (Å²) < 4.78 is 4.67. The second kappa shape index (κ2) is 2.73. The number of rotatable bonds is 2. The molecule has 1 aromatic rings. The lowest BCUT2D eigenvalue weighted by atomic mass is 10.2. The van der Waals surface area contributed by atoms with Crippen molar-refractivity contribution in [3.63, 3.8) is 0 Å². The van der Waals surface area contributed by atoms with E-state index in [9.17, 15) is 4.79 Å². The van der Waals surface area contributed by atoms with Gasteiger partial charge in [-0.2, -0.15) is 10.2 Å². The highest BCUT2D eigenvalue weighted by atomic mass is 16.5. The van der Waals surface area contributed by atoms with Crippen LogP contribution in [0.2, 0.25) is 0 Å². The normalized spacial score (nSPS) is 12.7. The zero-order valence-electron chi connectivity index (χ0n) is 6.23. The summed E-state index contributed by atoms with van der Waals surface area (Å²) in [5.74, 6) is 0.538. The Morgan fingerprint density at radius 2 is 2.42 bits per heavy atom. The second-order valence-electron chi connectivity index (χ2n) is 2.40. The van der Waals surface area contributed by atoms with E-state index in [1.807, 2.05) is 0 Å². The van der Waals surface area contributed by atoms with Gasteiger partial charge in [-0.3, -0.25) is 4.79 Å². The van der Waals surface area contributed by atoms with Crippen molar-refractivity contribution in [3.05, 3.63) is 23.8 Å². The summed E-state index contributed by atoms with van der Waals surface area (Å²) in [6.07, 6.45) is 0. The summed E-state index contributed by atoms with van der Waals surface area (Å²) in [6.45, 7) is 0.982. The molecule has 0 atom stereocenters. The van der Waals surface area contributed by atoms with Gasteiger partial charge in [0.1, 0.15) is 5.75 Å². The maximum Gasteiger partial charge on any atom is 0.298 e. The molecule has 0 spiro atoms. The van der Waals surface area contributed by atoms with E-state index in [4.69, 9.17) is 0 Å². The van der Waals surface area contributed by atoms with Gasteiger partial charge in [0.25, 0.3) is 6.47 Å². The van der Waals surface area contributed by atoms with Gasteiger partial charge in [-0.15, -0.1) is 0 Å². The Morgan fingerprint density at radius 1 is 1.50 bits per heavy atom. The molecule has 0 unspecified atom stereocenters. The zero-order valence-corrected chi connectivity index (χ0v) is 6.23. The molecule has 1 aromatic carbocycles. The maximum atomic E-state index is 10.0. The SMILES string of the molecule is O=COc1ccc2c(c1)CN=N2. The molecule has 0 amide bonds. The number of fused-ring (bicyclic) bond motifs is 1. The first-order valence-electron chi connectivity index (χ1n) is 3.51. The van der Waals surface area contributed by atoms with Gasteiger partial charge >= 0.3 is 0 Å². The number of benzene rings is 1. The molecule has 0 saturated heterocycles. The summed E-state index contributed by atoms with van der Waals surface area (Å²) in [5, 5.41) is 7.72. The van der Waals surface area contributed by atoms with Crippen molar-refractivity contribution in [2.24, 2.45) is 10.2 Å². The standard InChI is InChI=1S/C8H6N2O2/c11-5-12-7-1-2-8-6(3-7)4-9-10-8/h1-3,5H,4H2. The predicted molar refractivity (Wildman–Crippen MR) is 41.4 cm³/mol. The van der Waals surface area contributed by atoms with Crippen molar-refractivity contribution in [1.82, 2.24) is 0 Å². The van der Waals surface area contributed by atoms with Crippen molar-refractivity contribution in [3.8, 4) is 5.75 Å². The van der Waals surface area contributed by atoms with Crippen LogP contribution in [-0.2, 0) is 11.3 Å². The number of nitrogens with zero attached hydrogens (tertiary/aromatic N) is 2. The Balaban J connectivity index is 2.35. The largest absolute Gasteiger partial charge is 0.429 e. The molecule has 0 aromatic heterocycles. The maximum absolute atomic E-state index is 10.0. The molecule has 1 aliphatic heterocycles. The van der Waals surface area contributed by atoms with E-state index in [1.165, 1.54) is 0 Å². The van der Waals surface area contributed by atoms with Crippen molar-refractivity contribution in [2.75, 3.05) is 0 Å². The number of azo groups is 1. The van der Waals surface area contributed by atoms with Crippen LogP contribution in [0.15, 0.2) is 28.4 Å². The predicted octanol–water partition coefficient (Wildman–Crippen LogP) is 1.82. The Bertz CT molecular complexity index is 347. The fraction of sp³-hybridized carbons (Fsp3) is 0.125. The van der Waals surface area contributed by atoms with Crippen LogP contribution in [0.25, 0.3) is 0 Å². The molecule has 0 saturated carbocycles. The van der Waals surface area contributed by atoms with Gasteiger partial charge in [-0.25, -0.2) is 0 Å². The van der Waals surface area contributed by atoms with E-state index in [2.05, 4.69) is 15.0 Å². The average Bonchev–Trinajstić information content (AvgIpc) is 2.51. The Morgan fingerprint density at radius 3 is 3.25 bits per heavy atom. The van der Waals surface area contributed by atoms with E-state index in [1.54, 1.807) is 18.2 Å². The third-order valence-corrected chi connectivity index (χ3v) is 1.65. The van der Waals surface area contributed by atoms with Crippen molar-refractivity contribution in [1.29, 1.82) is 0 Å². The van der Waals surface area contributed by atoms with Crippen molar-refractivity contribution in [2.45, 2.75) is 6.54 Å². The third kappa shape index (κ3) is 1.07. The fourth-order valence-corrected chi connectivity index (χ4v) is 1.10. The van der Waals surface area contributed by atoms with Crippen LogP contribution in [0.3, 0.4) is 0 Å². The van der Waals surface area contributed by atoms with E-state index in [-0.39, 0.29) is 0 Å². The lowest BCUT2D eigenvalue weighted by molar-refractivity contribution is -0.120.